The summed E-state index contributed by atoms with van der Waals surface area (Å²) >= 11 is 0. The number of pyridine rings is 1. The van der Waals surface area contributed by atoms with Gasteiger partial charge in [0.15, 0.2) is 0 Å². The number of nitrogens with two attached hydrogens (primary N) is 1. The third-order valence-electron chi connectivity index (χ3n) is 2.17. The number of nitrogens with zero attached hydrogens (tertiary/aromatic N) is 1. The molecule has 2 N–H and O–H groups in total. The molecule has 0 aliphatic rings. The summed E-state index contributed by atoms with van der Waals surface area (Å²) in [5.41, 5.74) is 6.97. The zero-order chi connectivity index (χ0) is 11.1. The van der Waals surface area contributed by atoms with Crippen molar-refractivity contribution in [3.63, 3.8) is 0 Å². The standard InChI is InChI=1S/C11H16N2O2/c1-15-11(14)5-4-10(12)7-9-3-2-6-13-8-9/h2-3,6,8,10H,4-5,7,12H2,1H3. The van der Waals surface area contributed by atoms with Gasteiger partial charge in [0.05, 0.1) is 7.11 Å². The van der Waals surface area contributed by atoms with Crippen molar-refractivity contribution in [3.8, 4) is 0 Å². The van der Waals surface area contributed by atoms with Gasteiger partial charge in [0.1, 0.15) is 0 Å². The van der Waals surface area contributed by atoms with Gasteiger partial charge in [-0.1, -0.05) is 6.07 Å². The summed E-state index contributed by atoms with van der Waals surface area (Å²) < 4.78 is 4.54. The monoisotopic (exact) mass is 208 g/mol. The lowest BCUT2D eigenvalue weighted by Gasteiger charge is -2.10. The van der Waals surface area contributed by atoms with Crippen LogP contribution in [0.4, 0.5) is 0 Å². The Kier molecular flexibility index (Phi) is 4.77. The first-order chi connectivity index (χ1) is 7.22. The van der Waals surface area contributed by atoms with E-state index in [0.29, 0.717) is 12.8 Å². The summed E-state index contributed by atoms with van der Waals surface area (Å²) in [6.07, 6.45) is 5.27. The van der Waals surface area contributed by atoms with Gasteiger partial charge in [-0.2, -0.15) is 0 Å². The average molecular weight is 208 g/mol. The number of esters is 1. The van der Waals surface area contributed by atoms with Crippen LogP contribution in [0.3, 0.4) is 0 Å². The highest BCUT2D eigenvalue weighted by molar-refractivity contribution is 5.69. The van der Waals surface area contributed by atoms with Crippen molar-refractivity contribution >= 4 is 5.97 Å². The van der Waals surface area contributed by atoms with Gasteiger partial charge in [0, 0.05) is 24.9 Å². The van der Waals surface area contributed by atoms with Crippen LogP contribution in [0.15, 0.2) is 24.5 Å². The van der Waals surface area contributed by atoms with Gasteiger partial charge in [-0.25, -0.2) is 0 Å². The van der Waals surface area contributed by atoms with Crippen LogP contribution in [0.5, 0.6) is 0 Å². The van der Waals surface area contributed by atoms with E-state index in [9.17, 15) is 4.79 Å². The molecular weight excluding hydrogens is 192 g/mol. The van der Waals surface area contributed by atoms with Crippen molar-refractivity contribution in [1.29, 1.82) is 0 Å². The molecule has 1 aromatic rings. The van der Waals surface area contributed by atoms with Gasteiger partial charge >= 0.3 is 5.97 Å². The Balaban J connectivity index is 2.30. The second-order valence-electron chi connectivity index (χ2n) is 3.44. The molecule has 4 heteroatoms. The molecule has 0 bridgehead atoms. The number of hydrogen-bond acceptors (Lipinski definition) is 4. The third-order valence-corrected chi connectivity index (χ3v) is 2.17. The number of methoxy groups -OCH3 is 1. The number of ether oxygens (including phenoxy) is 1. The van der Waals surface area contributed by atoms with E-state index >= 15 is 0 Å². The second kappa shape index (κ2) is 6.14. The molecule has 1 unspecified atom stereocenters. The minimum absolute atomic E-state index is 0.0201. The zero-order valence-electron chi connectivity index (χ0n) is 8.85. The van der Waals surface area contributed by atoms with E-state index in [0.717, 1.165) is 12.0 Å². The fraction of sp³-hybridized carbons (Fsp3) is 0.455. The topological polar surface area (TPSA) is 65.2 Å². The van der Waals surface area contributed by atoms with E-state index in [2.05, 4.69) is 9.72 Å². The van der Waals surface area contributed by atoms with Crippen molar-refractivity contribution in [3.05, 3.63) is 30.1 Å². The van der Waals surface area contributed by atoms with Crippen molar-refractivity contribution in [2.24, 2.45) is 5.73 Å². The number of rotatable bonds is 5. The summed E-state index contributed by atoms with van der Waals surface area (Å²) in [6.45, 7) is 0. The van der Waals surface area contributed by atoms with Crippen LogP contribution in [-0.2, 0) is 16.0 Å². The molecule has 0 saturated heterocycles. The summed E-state index contributed by atoms with van der Waals surface area (Å²) in [5.74, 6) is -0.211. The fourth-order valence-corrected chi connectivity index (χ4v) is 1.33. The molecule has 4 nitrogen and oxygen atoms in total. The van der Waals surface area contributed by atoms with Gasteiger partial charge in [0.25, 0.3) is 0 Å². The number of carbonyl (C=O) groups is 1. The number of aromatic nitrogens is 1. The molecule has 0 fully saturated rings. The fourth-order valence-electron chi connectivity index (χ4n) is 1.33. The van der Waals surface area contributed by atoms with Gasteiger partial charge in [0.2, 0.25) is 0 Å². The van der Waals surface area contributed by atoms with Gasteiger partial charge in [-0.15, -0.1) is 0 Å². The van der Waals surface area contributed by atoms with E-state index < -0.39 is 0 Å². The predicted molar refractivity (Wildman–Crippen MR) is 57.2 cm³/mol. The number of carbonyl (C=O) groups excluding carboxylic acids is 1. The van der Waals surface area contributed by atoms with E-state index in [1.165, 1.54) is 7.11 Å². The Morgan fingerprint density at radius 3 is 3.07 bits per heavy atom. The quantitative estimate of drug-likeness (QED) is 0.730. The lowest BCUT2D eigenvalue weighted by atomic mass is 10.0. The first-order valence-electron chi connectivity index (χ1n) is 4.93. The Labute approximate surface area is 89.5 Å². The molecule has 0 aliphatic carbocycles. The SMILES string of the molecule is COC(=O)CCC(N)Cc1cccnc1. The maximum atomic E-state index is 10.9. The summed E-state index contributed by atoms with van der Waals surface area (Å²) in [4.78, 5) is 14.9. The maximum absolute atomic E-state index is 10.9. The molecule has 1 heterocycles. The average Bonchev–Trinajstić information content (AvgIpc) is 2.27. The Hall–Kier alpha value is -1.42. The Morgan fingerprint density at radius 1 is 1.67 bits per heavy atom. The van der Waals surface area contributed by atoms with Crippen LogP contribution < -0.4 is 5.73 Å². The predicted octanol–water partition coefficient (Wildman–Crippen LogP) is 0.905. The second-order valence-corrected chi connectivity index (χ2v) is 3.44. The summed E-state index contributed by atoms with van der Waals surface area (Å²) in [6, 6.07) is 3.83. The van der Waals surface area contributed by atoms with Gasteiger partial charge in [-0.3, -0.25) is 9.78 Å². The zero-order valence-corrected chi connectivity index (χ0v) is 8.85. The van der Waals surface area contributed by atoms with Crippen LogP contribution in [0.2, 0.25) is 0 Å². The van der Waals surface area contributed by atoms with Crippen LogP contribution >= 0.6 is 0 Å². The molecule has 0 aliphatic heterocycles. The van der Waals surface area contributed by atoms with Crippen LogP contribution in [0.1, 0.15) is 18.4 Å². The molecule has 15 heavy (non-hydrogen) atoms. The lowest BCUT2D eigenvalue weighted by molar-refractivity contribution is -0.140. The van der Waals surface area contributed by atoms with Crippen LogP contribution in [0, 0.1) is 0 Å². The van der Waals surface area contributed by atoms with E-state index in [-0.39, 0.29) is 12.0 Å². The third kappa shape index (κ3) is 4.56. The van der Waals surface area contributed by atoms with Crippen LogP contribution in [0.25, 0.3) is 0 Å². The molecule has 0 aromatic carbocycles. The van der Waals surface area contributed by atoms with E-state index in [1.807, 2.05) is 12.1 Å². The highest BCUT2D eigenvalue weighted by Gasteiger charge is 2.07. The first-order valence-corrected chi connectivity index (χ1v) is 4.93. The van der Waals surface area contributed by atoms with Gasteiger partial charge in [-0.05, 0) is 24.5 Å². The molecule has 0 saturated carbocycles. The van der Waals surface area contributed by atoms with E-state index in [1.54, 1.807) is 12.4 Å². The largest absolute Gasteiger partial charge is 0.469 e. The minimum atomic E-state index is -0.211. The van der Waals surface area contributed by atoms with Crippen molar-refractivity contribution < 1.29 is 9.53 Å². The molecule has 1 rings (SSSR count). The molecule has 82 valence electrons. The number of hydrogen-bond donors (Lipinski definition) is 1. The Bertz CT molecular complexity index is 301. The first kappa shape index (κ1) is 11.7. The van der Waals surface area contributed by atoms with Crippen LogP contribution in [-0.4, -0.2) is 24.1 Å². The maximum Gasteiger partial charge on any atom is 0.305 e. The highest BCUT2D eigenvalue weighted by Crippen LogP contribution is 2.04. The Morgan fingerprint density at radius 2 is 2.47 bits per heavy atom. The molecule has 0 spiro atoms. The highest BCUT2D eigenvalue weighted by atomic mass is 16.5. The molecule has 0 radical (unpaired) electrons. The summed E-state index contributed by atoms with van der Waals surface area (Å²) in [5, 5.41) is 0. The smallest absolute Gasteiger partial charge is 0.305 e. The van der Waals surface area contributed by atoms with Gasteiger partial charge < -0.3 is 10.5 Å². The molecule has 0 amide bonds. The van der Waals surface area contributed by atoms with Crippen molar-refractivity contribution in [2.75, 3.05) is 7.11 Å². The molecule has 1 atom stereocenters. The normalized spacial score (nSPS) is 12.1. The summed E-state index contributed by atoms with van der Waals surface area (Å²) in [7, 11) is 1.38. The van der Waals surface area contributed by atoms with Crippen molar-refractivity contribution in [2.45, 2.75) is 25.3 Å². The molecule has 1 aromatic heterocycles. The minimum Gasteiger partial charge on any atom is -0.469 e. The lowest BCUT2D eigenvalue weighted by Crippen LogP contribution is -2.24. The van der Waals surface area contributed by atoms with E-state index in [4.69, 9.17) is 5.73 Å². The van der Waals surface area contributed by atoms with Crippen molar-refractivity contribution in [1.82, 2.24) is 4.98 Å². The molecular formula is C11H16N2O2.